The van der Waals surface area contributed by atoms with Gasteiger partial charge in [-0.3, -0.25) is 9.48 Å². The van der Waals surface area contributed by atoms with E-state index in [4.69, 9.17) is 14.6 Å². The van der Waals surface area contributed by atoms with Crippen LogP contribution >= 0.6 is 0 Å². The average molecular weight is 507 g/mol. The zero-order valence-electron chi connectivity index (χ0n) is 20.3. The second-order valence-corrected chi connectivity index (χ2v) is 10.1. The van der Waals surface area contributed by atoms with E-state index < -0.39 is 16.0 Å². The van der Waals surface area contributed by atoms with Gasteiger partial charge in [-0.15, -0.1) is 0 Å². The summed E-state index contributed by atoms with van der Waals surface area (Å²) in [6.45, 7) is 4.71. The molecular formula is C24H34N4O6S. The summed E-state index contributed by atoms with van der Waals surface area (Å²) in [6.07, 6.45) is 4.34. The first-order valence-electron chi connectivity index (χ1n) is 12.0. The molecule has 1 aromatic carbocycles. The summed E-state index contributed by atoms with van der Waals surface area (Å²) in [7, 11) is -2.22. The fraction of sp³-hybridized carbons (Fsp3) is 0.542. The van der Waals surface area contributed by atoms with Crippen LogP contribution in [-0.4, -0.2) is 63.5 Å². The van der Waals surface area contributed by atoms with Crippen molar-refractivity contribution in [3.8, 4) is 0 Å². The summed E-state index contributed by atoms with van der Waals surface area (Å²) in [5.74, 6) is -0.580. The highest BCUT2D eigenvalue weighted by Crippen LogP contribution is 2.19. The van der Waals surface area contributed by atoms with Crippen LogP contribution in [0, 0.1) is 0 Å². The molecule has 35 heavy (non-hydrogen) atoms. The first-order chi connectivity index (χ1) is 16.9. The van der Waals surface area contributed by atoms with Gasteiger partial charge in [0.2, 0.25) is 10.0 Å². The number of hydrogen-bond donors (Lipinski definition) is 2. The molecule has 3 rings (SSSR count). The van der Waals surface area contributed by atoms with E-state index in [1.165, 1.54) is 31.3 Å². The minimum absolute atomic E-state index is 0.0764. The summed E-state index contributed by atoms with van der Waals surface area (Å²) in [6, 6.07) is 5.60. The zero-order valence-corrected chi connectivity index (χ0v) is 21.2. The lowest BCUT2D eigenvalue weighted by Gasteiger charge is -2.10. The number of rotatable bonds is 9. The Kier molecular flexibility index (Phi) is 9.82. The smallest absolute Gasteiger partial charge is 0.338 e. The van der Waals surface area contributed by atoms with Gasteiger partial charge in [0, 0.05) is 26.3 Å². The van der Waals surface area contributed by atoms with E-state index in [9.17, 15) is 18.0 Å². The minimum Gasteiger partial charge on any atom is -0.462 e. The fourth-order valence-corrected chi connectivity index (χ4v) is 4.64. The number of amides is 1. The number of esters is 1. The number of ether oxygens (including phenoxy) is 2. The molecule has 0 unspecified atom stereocenters. The Hall–Kier alpha value is -2.76. The van der Waals surface area contributed by atoms with Crippen molar-refractivity contribution in [3.63, 3.8) is 0 Å². The lowest BCUT2D eigenvalue weighted by atomic mass is 10.1. The number of benzene rings is 1. The van der Waals surface area contributed by atoms with Crippen LogP contribution in [0.3, 0.4) is 0 Å². The Balaban J connectivity index is 1.55. The Labute approximate surface area is 206 Å². The van der Waals surface area contributed by atoms with Gasteiger partial charge in [-0.05, 0) is 69.8 Å². The molecule has 1 aromatic heterocycles. The minimum atomic E-state index is -3.55. The van der Waals surface area contributed by atoms with Crippen LogP contribution in [-0.2, 0) is 38.9 Å². The van der Waals surface area contributed by atoms with Crippen molar-refractivity contribution in [1.29, 1.82) is 0 Å². The third-order valence-electron chi connectivity index (χ3n) is 5.81. The summed E-state index contributed by atoms with van der Waals surface area (Å²) >= 11 is 0. The SMILES string of the molecule is CCc1nn(CCCCOC(=O)c2ccc(S(=O)(=O)NC)cc2)c2c1C(=O)NCCCOCCC2. The number of nitrogens with zero attached hydrogens (tertiary/aromatic N) is 2. The van der Waals surface area contributed by atoms with E-state index in [0.29, 0.717) is 51.1 Å². The number of sulfonamides is 1. The maximum Gasteiger partial charge on any atom is 0.338 e. The molecule has 0 spiro atoms. The number of unbranched alkanes of at least 4 members (excludes halogenated alkanes) is 1. The molecule has 192 valence electrons. The van der Waals surface area contributed by atoms with E-state index in [0.717, 1.165) is 30.7 Å². The number of aromatic nitrogens is 2. The van der Waals surface area contributed by atoms with E-state index in [1.807, 2.05) is 11.6 Å². The highest BCUT2D eigenvalue weighted by atomic mass is 32.2. The first kappa shape index (κ1) is 26.8. The Morgan fingerprint density at radius 2 is 1.94 bits per heavy atom. The zero-order chi connectivity index (χ0) is 25.3. The highest BCUT2D eigenvalue weighted by molar-refractivity contribution is 7.89. The van der Waals surface area contributed by atoms with Crippen molar-refractivity contribution >= 4 is 21.9 Å². The van der Waals surface area contributed by atoms with Gasteiger partial charge in [0.25, 0.3) is 5.91 Å². The molecule has 1 aliphatic heterocycles. The standard InChI is InChI=1S/C24H34N4O6S/c1-3-20-22-21(8-6-15-33-16-7-13-26-23(22)29)28(27-20)14-4-5-17-34-24(30)18-9-11-19(12-10-18)35(31,32)25-2/h9-12,25H,3-8,13-17H2,1-2H3,(H,26,29). The third kappa shape index (κ3) is 7.12. The van der Waals surface area contributed by atoms with E-state index in [2.05, 4.69) is 10.0 Å². The molecule has 1 amide bonds. The molecule has 2 heterocycles. The first-order valence-corrected chi connectivity index (χ1v) is 13.5. The molecular weight excluding hydrogens is 472 g/mol. The average Bonchev–Trinajstić information content (AvgIpc) is 3.20. The van der Waals surface area contributed by atoms with Crippen LogP contribution in [0.15, 0.2) is 29.2 Å². The number of fused-ring (bicyclic) bond motifs is 1. The van der Waals surface area contributed by atoms with Crippen LogP contribution in [0.5, 0.6) is 0 Å². The van der Waals surface area contributed by atoms with Gasteiger partial charge >= 0.3 is 5.97 Å². The maximum absolute atomic E-state index is 12.8. The molecule has 10 nitrogen and oxygen atoms in total. The van der Waals surface area contributed by atoms with Gasteiger partial charge in [-0.1, -0.05) is 6.92 Å². The Morgan fingerprint density at radius 1 is 1.20 bits per heavy atom. The molecule has 0 fully saturated rings. The summed E-state index contributed by atoms with van der Waals surface area (Å²) < 4.78 is 38.7. The molecule has 0 saturated carbocycles. The third-order valence-corrected chi connectivity index (χ3v) is 7.24. The predicted octanol–water partition coefficient (Wildman–Crippen LogP) is 2.07. The molecule has 2 N–H and O–H groups in total. The van der Waals surface area contributed by atoms with Crippen molar-refractivity contribution in [1.82, 2.24) is 19.8 Å². The van der Waals surface area contributed by atoms with Crippen LogP contribution < -0.4 is 10.0 Å². The molecule has 1 aliphatic rings. The number of aryl methyl sites for hydroxylation is 2. The summed E-state index contributed by atoms with van der Waals surface area (Å²) in [4.78, 5) is 25.2. The van der Waals surface area contributed by atoms with Gasteiger partial charge < -0.3 is 14.8 Å². The number of hydrogen-bond acceptors (Lipinski definition) is 7. The van der Waals surface area contributed by atoms with Crippen LogP contribution in [0.25, 0.3) is 0 Å². The predicted molar refractivity (Wildman–Crippen MR) is 130 cm³/mol. The topological polar surface area (TPSA) is 129 Å². The summed E-state index contributed by atoms with van der Waals surface area (Å²) in [5.41, 5.74) is 2.70. The van der Waals surface area contributed by atoms with Crippen LogP contribution in [0.2, 0.25) is 0 Å². The van der Waals surface area contributed by atoms with Crippen molar-refractivity contribution in [2.75, 3.05) is 33.4 Å². The van der Waals surface area contributed by atoms with Gasteiger partial charge in [0.1, 0.15) is 0 Å². The van der Waals surface area contributed by atoms with Gasteiger partial charge in [0.05, 0.1) is 34.0 Å². The Morgan fingerprint density at radius 3 is 2.66 bits per heavy atom. The molecule has 11 heteroatoms. The van der Waals surface area contributed by atoms with E-state index in [-0.39, 0.29) is 23.0 Å². The number of carbonyl (C=O) groups is 2. The maximum atomic E-state index is 12.8. The number of carbonyl (C=O) groups excluding carboxylic acids is 2. The van der Waals surface area contributed by atoms with Gasteiger partial charge in [0.15, 0.2) is 0 Å². The van der Waals surface area contributed by atoms with Gasteiger partial charge in [-0.25, -0.2) is 17.9 Å². The number of nitrogens with one attached hydrogen (secondary N) is 2. The van der Waals surface area contributed by atoms with Crippen molar-refractivity contribution in [2.24, 2.45) is 0 Å². The lowest BCUT2D eigenvalue weighted by molar-refractivity contribution is 0.0496. The molecule has 0 radical (unpaired) electrons. The second-order valence-electron chi connectivity index (χ2n) is 8.25. The Bertz CT molecular complexity index is 1110. The molecule has 0 atom stereocenters. The normalized spacial score (nSPS) is 15.1. The van der Waals surface area contributed by atoms with Crippen molar-refractivity contribution < 1.29 is 27.5 Å². The van der Waals surface area contributed by atoms with Crippen molar-refractivity contribution in [2.45, 2.75) is 56.9 Å². The molecule has 0 aliphatic carbocycles. The fourth-order valence-electron chi connectivity index (χ4n) is 3.91. The monoisotopic (exact) mass is 506 g/mol. The highest BCUT2D eigenvalue weighted by Gasteiger charge is 2.22. The largest absolute Gasteiger partial charge is 0.462 e. The van der Waals surface area contributed by atoms with Crippen LogP contribution in [0.4, 0.5) is 0 Å². The quantitative estimate of drug-likeness (QED) is 0.394. The molecule has 0 saturated heterocycles. The summed E-state index contributed by atoms with van der Waals surface area (Å²) in [5, 5.41) is 7.67. The second kappa shape index (κ2) is 12.8. The lowest BCUT2D eigenvalue weighted by Crippen LogP contribution is -2.26. The van der Waals surface area contributed by atoms with Crippen molar-refractivity contribution in [3.05, 3.63) is 46.8 Å². The molecule has 0 bridgehead atoms. The van der Waals surface area contributed by atoms with Gasteiger partial charge in [-0.2, -0.15) is 5.10 Å². The van der Waals surface area contributed by atoms with E-state index >= 15 is 0 Å². The van der Waals surface area contributed by atoms with E-state index in [1.54, 1.807) is 0 Å². The van der Waals surface area contributed by atoms with Crippen LogP contribution in [0.1, 0.15) is 64.7 Å². The molecule has 2 aromatic rings.